The van der Waals surface area contributed by atoms with Crippen LogP contribution in [0, 0.1) is 6.58 Å². The first kappa shape index (κ1) is 31.1. The molecule has 0 radical (unpaired) electrons. The fraction of sp³-hybridized carbons (Fsp3) is 0.857. The summed E-state index contributed by atoms with van der Waals surface area (Å²) in [5.74, 6) is 0. The van der Waals surface area contributed by atoms with Crippen LogP contribution in [0.2, 0.25) is 0 Å². The van der Waals surface area contributed by atoms with Gasteiger partial charge in [-0.25, -0.2) is 0 Å². The average molecular weight is 422 g/mol. The van der Waals surface area contributed by atoms with E-state index in [4.69, 9.17) is 0 Å². The first-order chi connectivity index (χ1) is 8.24. The zero-order valence-corrected chi connectivity index (χ0v) is 17.0. The van der Waals surface area contributed by atoms with E-state index in [9.17, 15) is 0 Å². The van der Waals surface area contributed by atoms with Gasteiger partial charge in [0.2, 0.25) is 0 Å². The van der Waals surface area contributed by atoms with E-state index in [1.54, 1.807) is 0 Å². The van der Waals surface area contributed by atoms with Crippen molar-refractivity contribution in [1.29, 1.82) is 0 Å². The molecule has 4 heteroatoms. The molecule has 0 aliphatic heterocycles. The molecule has 0 unspecified atom stereocenters. The van der Waals surface area contributed by atoms with Crippen LogP contribution < -0.4 is 0 Å². The van der Waals surface area contributed by atoms with E-state index in [1.165, 1.54) is 0 Å². The molecule has 3 nitrogen and oxygen atoms in total. The third-order valence-electron chi connectivity index (χ3n) is 1.34. The zero-order valence-electron chi connectivity index (χ0n) is 13.4. The van der Waals surface area contributed by atoms with Gasteiger partial charge in [-0.15, -0.1) is 0 Å². The third kappa shape index (κ3) is 93.9. The molecular weight excluding hydrogens is 389 g/mol. The first-order valence-electron chi connectivity index (χ1n) is 6.55. The largest absolute Gasteiger partial charge is 4.00 e. The maximum atomic E-state index is 4.25. The third-order valence-corrected chi connectivity index (χ3v) is 1.34. The smallest absolute Gasteiger partial charge is 0.663 e. The second-order valence-electron chi connectivity index (χ2n) is 2.57. The minimum atomic E-state index is 0. The van der Waals surface area contributed by atoms with Gasteiger partial charge in [0.25, 0.3) is 0 Å². The monoisotopic (exact) mass is 423 g/mol. The molecule has 0 N–H and O–H groups in total. The summed E-state index contributed by atoms with van der Waals surface area (Å²) in [5, 5.41) is 11.9. The van der Waals surface area contributed by atoms with Gasteiger partial charge in [0, 0.05) is 0 Å². The van der Waals surface area contributed by atoms with Crippen LogP contribution in [-0.2, 0) is 25.8 Å². The summed E-state index contributed by atoms with van der Waals surface area (Å²) in [5.41, 5.74) is 0. The van der Waals surface area contributed by atoms with Crippen molar-refractivity contribution in [3.63, 3.8) is 0 Å². The molecule has 0 bridgehead atoms. The van der Waals surface area contributed by atoms with Crippen LogP contribution in [-0.4, -0.2) is 39.3 Å². The summed E-state index contributed by atoms with van der Waals surface area (Å²) >= 11 is 0. The molecule has 0 aliphatic rings. The summed E-state index contributed by atoms with van der Waals surface area (Å²) in [6.45, 7) is 25.1. The molecule has 0 saturated carbocycles. The number of hydrogen-bond acceptors (Lipinski definition) is 0. The van der Waals surface area contributed by atoms with E-state index >= 15 is 0 Å². The zero-order chi connectivity index (χ0) is 14.4. The van der Waals surface area contributed by atoms with Gasteiger partial charge in [-0.2, -0.15) is 39.3 Å². The molecule has 0 aliphatic carbocycles. The average Bonchev–Trinajstić information content (AvgIpc) is 2.36. The van der Waals surface area contributed by atoms with E-state index in [-0.39, 0.29) is 25.8 Å². The molecular formula is C14H33HfN3. The van der Waals surface area contributed by atoms with Crippen molar-refractivity contribution in [3.8, 4) is 0 Å². The Morgan fingerprint density at radius 2 is 0.667 bits per heavy atom. The summed E-state index contributed by atoms with van der Waals surface area (Å²) < 4.78 is 0. The molecule has 18 heavy (non-hydrogen) atoms. The topological polar surface area (TPSA) is 42.3 Å². The van der Waals surface area contributed by atoms with Crippen molar-refractivity contribution in [2.45, 2.75) is 41.5 Å². The summed E-state index contributed by atoms with van der Waals surface area (Å²) in [6, 6.07) is 0. The maximum Gasteiger partial charge on any atom is 4.00 e. The van der Waals surface area contributed by atoms with Crippen molar-refractivity contribution in [1.82, 2.24) is 0 Å². The molecule has 108 valence electrons. The molecule has 0 aromatic carbocycles. The van der Waals surface area contributed by atoms with Crippen LogP contribution in [0.15, 0.2) is 6.58 Å². The van der Waals surface area contributed by atoms with Gasteiger partial charge in [0.15, 0.2) is 0 Å². The van der Waals surface area contributed by atoms with Gasteiger partial charge in [0.1, 0.15) is 0 Å². The standard InChI is InChI=1S/3C4H10N.C2H3.Hf/c3*1-3-5-4-2;1-2;/h3*3-4H2,1-2H3;1H,2H2;/q4*-1;+4. The molecule has 0 rings (SSSR count). The van der Waals surface area contributed by atoms with Crippen molar-refractivity contribution in [3.05, 3.63) is 29.1 Å². The second kappa shape index (κ2) is 52.8. The fourth-order valence-corrected chi connectivity index (χ4v) is 0.671. The first-order valence-corrected chi connectivity index (χ1v) is 6.55. The van der Waals surface area contributed by atoms with Gasteiger partial charge < -0.3 is 22.5 Å². The number of nitrogens with zero attached hydrogens (tertiary/aromatic N) is 3. The van der Waals surface area contributed by atoms with Gasteiger partial charge in [-0.1, -0.05) is 41.5 Å². The van der Waals surface area contributed by atoms with Crippen LogP contribution in [0.25, 0.3) is 16.0 Å². The van der Waals surface area contributed by atoms with Gasteiger partial charge in [-0.3, -0.25) is 6.58 Å². The minimum Gasteiger partial charge on any atom is -0.663 e. The van der Waals surface area contributed by atoms with Crippen LogP contribution >= 0.6 is 0 Å². The van der Waals surface area contributed by atoms with Gasteiger partial charge in [-0.05, 0) is 0 Å². The molecule has 0 atom stereocenters. The molecule has 0 aromatic heterocycles. The Morgan fingerprint density at radius 1 is 0.556 bits per heavy atom. The SMILES string of the molecule is CC[N-]CC.CC[N-]CC.CC[N-]CC.[CH-]=C.[Hf+4]. The quantitative estimate of drug-likeness (QED) is 0.436. The number of rotatable bonds is 6. The maximum absolute atomic E-state index is 4.25. The van der Waals surface area contributed by atoms with Crippen molar-refractivity contribution in [2.75, 3.05) is 39.3 Å². The van der Waals surface area contributed by atoms with E-state index in [1.807, 2.05) is 41.5 Å². The Morgan fingerprint density at radius 3 is 0.667 bits per heavy atom. The van der Waals surface area contributed by atoms with Crippen LogP contribution in [0.5, 0.6) is 0 Å². The summed E-state index contributed by atoms with van der Waals surface area (Å²) in [7, 11) is 0. The van der Waals surface area contributed by atoms with Crippen LogP contribution in [0.4, 0.5) is 0 Å². The predicted molar refractivity (Wildman–Crippen MR) is 83.3 cm³/mol. The second-order valence-corrected chi connectivity index (χ2v) is 2.57. The fourth-order valence-electron chi connectivity index (χ4n) is 0.671. The van der Waals surface area contributed by atoms with Crippen molar-refractivity contribution in [2.24, 2.45) is 0 Å². The van der Waals surface area contributed by atoms with E-state index in [0.29, 0.717) is 0 Å². The van der Waals surface area contributed by atoms with E-state index < -0.39 is 0 Å². The van der Waals surface area contributed by atoms with Crippen molar-refractivity contribution >= 4 is 0 Å². The molecule has 0 spiro atoms. The predicted octanol–water partition coefficient (Wildman–Crippen LogP) is 4.80. The Hall–Kier alpha value is 0.490. The minimum absolute atomic E-state index is 0. The van der Waals surface area contributed by atoms with Crippen molar-refractivity contribution < 1.29 is 25.8 Å². The Bertz CT molecular complexity index is 63.2. The summed E-state index contributed by atoms with van der Waals surface area (Å²) in [4.78, 5) is 0. The Balaban J connectivity index is -0.0000000427. The normalized spacial score (nSPS) is 7.22. The summed E-state index contributed by atoms with van der Waals surface area (Å²) in [6.07, 6.45) is 0. The van der Waals surface area contributed by atoms with Crippen LogP contribution in [0.1, 0.15) is 41.5 Å². The van der Waals surface area contributed by atoms with Gasteiger partial charge in [0.05, 0.1) is 0 Å². The van der Waals surface area contributed by atoms with E-state index in [2.05, 4.69) is 29.1 Å². The molecule has 0 aromatic rings. The Labute approximate surface area is 135 Å². The number of hydrogen-bond donors (Lipinski definition) is 0. The van der Waals surface area contributed by atoms with Gasteiger partial charge >= 0.3 is 25.8 Å². The Kier molecular flexibility index (Phi) is 91.2. The molecule has 0 heterocycles. The molecule has 0 amide bonds. The molecule has 0 saturated heterocycles. The van der Waals surface area contributed by atoms with Crippen LogP contribution in [0.3, 0.4) is 0 Å². The van der Waals surface area contributed by atoms with E-state index in [0.717, 1.165) is 39.3 Å². The molecule has 0 fully saturated rings.